The van der Waals surface area contributed by atoms with Gasteiger partial charge in [-0.05, 0) is 47.2 Å². The molecular formula is C36H29B7N2S. The first-order valence-corrected chi connectivity index (χ1v) is 17.0. The summed E-state index contributed by atoms with van der Waals surface area (Å²) in [6, 6.07) is 33.4. The lowest BCUT2D eigenvalue weighted by Crippen LogP contribution is -2.47. The molecule has 0 saturated heterocycles. The quantitative estimate of drug-likeness (QED) is 0.206. The van der Waals surface area contributed by atoms with Gasteiger partial charge in [-0.1, -0.05) is 81.9 Å². The second-order valence-electron chi connectivity index (χ2n) is 13.1. The Morgan fingerprint density at radius 2 is 0.848 bits per heavy atom. The number of hydrogen-bond acceptors (Lipinski definition) is 1. The Bertz CT molecular complexity index is 2780. The summed E-state index contributed by atoms with van der Waals surface area (Å²) in [6.45, 7) is 0. The second-order valence-corrected chi connectivity index (χ2v) is 14.1. The fourth-order valence-corrected chi connectivity index (χ4v) is 9.76. The normalized spacial score (nSPS) is 12.1. The van der Waals surface area contributed by atoms with E-state index in [2.05, 4.69) is 155 Å². The predicted molar refractivity (Wildman–Crippen MR) is 225 cm³/mol. The standard InChI is InChI=1S/C36H29B7N2S/c37-27-25-26-28(38)30(40)32(42)34(36(26)46-35(25)33(43)31(41)29(27)39)45-20-13-7-5-11-18(20)24-22(45)15-14-21-23(24)17-10-4-6-12-19(17)44(21)16-8-2-1-3-9-16/h1-15H,37-43H2. The van der Waals surface area contributed by atoms with Crippen molar-refractivity contribution in [3.05, 3.63) is 91.0 Å². The Hall–Kier alpha value is -4.41. The fourth-order valence-electron chi connectivity index (χ4n) is 8.20. The van der Waals surface area contributed by atoms with Crippen molar-refractivity contribution in [1.29, 1.82) is 0 Å². The third-order valence-electron chi connectivity index (χ3n) is 11.1. The van der Waals surface area contributed by atoms with Crippen LogP contribution in [0.1, 0.15) is 0 Å². The van der Waals surface area contributed by atoms with E-state index in [9.17, 15) is 0 Å². The molecule has 0 aliphatic heterocycles. The molecule has 210 valence electrons. The number of hydrogen-bond donors (Lipinski definition) is 0. The second kappa shape index (κ2) is 9.80. The predicted octanol–water partition coefficient (Wildman–Crippen LogP) is -1.94. The molecule has 10 heteroatoms. The lowest BCUT2D eigenvalue weighted by molar-refractivity contribution is 1.18. The third kappa shape index (κ3) is 3.46. The van der Waals surface area contributed by atoms with Crippen LogP contribution in [0.2, 0.25) is 0 Å². The zero-order chi connectivity index (χ0) is 31.6. The van der Waals surface area contributed by atoms with Crippen LogP contribution in [0, 0.1) is 0 Å². The van der Waals surface area contributed by atoms with E-state index < -0.39 is 0 Å². The van der Waals surface area contributed by atoms with Crippen LogP contribution >= 0.6 is 11.3 Å². The minimum Gasteiger partial charge on any atom is -0.309 e. The van der Waals surface area contributed by atoms with E-state index in [0.717, 1.165) is 0 Å². The molecule has 0 radical (unpaired) electrons. The van der Waals surface area contributed by atoms with E-state index in [4.69, 9.17) is 0 Å². The van der Waals surface area contributed by atoms with E-state index in [1.54, 1.807) is 0 Å². The zero-order valence-electron chi connectivity index (χ0n) is 27.5. The molecule has 0 N–H and O–H groups in total. The molecule has 9 rings (SSSR count). The van der Waals surface area contributed by atoms with Crippen LogP contribution in [0.25, 0.3) is 75.2 Å². The molecule has 0 saturated carbocycles. The number of para-hydroxylation sites is 3. The topological polar surface area (TPSA) is 9.86 Å². The zero-order valence-corrected chi connectivity index (χ0v) is 28.3. The van der Waals surface area contributed by atoms with Crippen LogP contribution in [0.5, 0.6) is 0 Å². The number of thiophene rings is 1. The molecule has 0 bridgehead atoms. The van der Waals surface area contributed by atoms with Gasteiger partial charge < -0.3 is 9.13 Å². The van der Waals surface area contributed by atoms with Crippen molar-refractivity contribution in [3.63, 3.8) is 0 Å². The Balaban J connectivity index is 1.52. The van der Waals surface area contributed by atoms with Gasteiger partial charge in [0.1, 0.15) is 54.9 Å². The van der Waals surface area contributed by atoms with Gasteiger partial charge in [-0.3, -0.25) is 0 Å². The summed E-state index contributed by atoms with van der Waals surface area (Å²) < 4.78 is 7.83. The van der Waals surface area contributed by atoms with E-state index in [0.29, 0.717) is 0 Å². The van der Waals surface area contributed by atoms with Gasteiger partial charge in [0.25, 0.3) is 0 Å². The van der Waals surface area contributed by atoms with Gasteiger partial charge in [0.2, 0.25) is 0 Å². The summed E-state index contributed by atoms with van der Waals surface area (Å²) in [5.41, 5.74) is 17.3. The SMILES string of the molecule is Bc1c(B)c(B)c2c(sc3c(-n4c5ccccc5c5c6c7ccccc7n(-c7ccccc7)c6ccc54)c(B)c(B)c(B)c32)c1B. The number of rotatable bonds is 2. The molecule has 3 aromatic heterocycles. The fraction of sp³-hybridized carbons (Fsp3) is 0. The van der Waals surface area contributed by atoms with Crippen molar-refractivity contribution in [2.75, 3.05) is 0 Å². The van der Waals surface area contributed by atoms with Crippen LogP contribution in [0.3, 0.4) is 0 Å². The summed E-state index contributed by atoms with van der Waals surface area (Å²) in [7, 11) is 16.2. The van der Waals surface area contributed by atoms with Crippen molar-refractivity contribution in [3.8, 4) is 11.4 Å². The highest BCUT2D eigenvalue weighted by molar-refractivity contribution is 7.28. The Morgan fingerprint density at radius 1 is 0.370 bits per heavy atom. The number of nitrogens with zero attached hydrogens (tertiary/aromatic N) is 2. The maximum absolute atomic E-state index is 2.59. The van der Waals surface area contributed by atoms with E-state index >= 15 is 0 Å². The third-order valence-corrected chi connectivity index (χ3v) is 12.4. The van der Waals surface area contributed by atoms with Crippen molar-refractivity contribution in [2.45, 2.75) is 0 Å². The molecule has 46 heavy (non-hydrogen) atoms. The summed E-state index contributed by atoms with van der Waals surface area (Å²) in [6.07, 6.45) is 0. The van der Waals surface area contributed by atoms with Crippen LogP contribution in [0.15, 0.2) is 91.0 Å². The maximum atomic E-state index is 2.59. The lowest BCUT2D eigenvalue weighted by atomic mass is 9.64. The van der Waals surface area contributed by atoms with Gasteiger partial charge in [-0.2, -0.15) is 0 Å². The molecule has 0 fully saturated rings. The molecule has 3 heterocycles. The van der Waals surface area contributed by atoms with E-state index in [1.807, 2.05) is 11.3 Å². The molecular weight excluding hydrogens is 568 g/mol. The van der Waals surface area contributed by atoms with E-state index in [1.165, 1.54) is 113 Å². The van der Waals surface area contributed by atoms with Crippen molar-refractivity contribution in [1.82, 2.24) is 9.13 Å². The Kier molecular flexibility index (Phi) is 5.94. The molecule has 0 atom stereocenters. The van der Waals surface area contributed by atoms with Crippen molar-refractivity contribution >= 4 is 168 Å². The van der Waals surface area contributed by atoms with Crippen molar-refractivity contribution < 1.29 is 0 Å². The molecule has 0 unspecified atom stereocenters. The number of benzene rings is 6. The molecule has 0 spiro atoms. The first kappa shape index (κ1) is 27.9. The van der Waals surface area contributed by atoms with Crippen LogP contribution < -0.4 is 38.2 Å². The monoisotopic (exact) mass is 598 g/mol. The maximum Gasteiger partial charge on any atom is 0.141 e. The largest absolute Gasteiger partial charge is 0.309 e. The highest BCUT2D eigenvalue weighted by atomic mass is 32.1. The molecule has 2 nitrogen and oxygen atoms in total. The summed E-state index contributed by atoms with van der Waals surface area (Å²) in [4.78, 5) is 0. The Labute approximate surface area is 278 Å². The van der Waals surface area contributed by atoms with Gasteiger partial charge >= 0.3 is 0 Å². The lowest BCUT2D eigenvalue weighted by Gasteiger charge is -2.19. The van der Waals surface area contributed by atoms with Crippen LogP contribution in [-0.2, 0) is 0 Å². The van der Waals surface area contributed by atoms with Gasteiger partial charge in [0.15, 0.2) is 0 Å². The Morgan fingerprint density at radius 3 is 1.48 bits per heavy atom. The molecule has 0 amide bonds. The molecule has 9 aromatic rings. The number of fused-ring (bicyclic) bond motifs is 10. The molecule has 0 aliphatic rings. The van der Waals surface area contributed by atoms with Gasteiger partial charge in [0, 0.05) is 31.9 Å². The minimum atomic E-state index is 1.19. The number of aromatic nitrogens is 2. The highest BCUT2D eigenvalue weighted by Gasteiger charge is 2.25. The summed E-state index contributed by atoms with van der Waals surface area (Å²) in [5, 5.41) is 8.09. The smallest absolute Gasteiger partial charge is 0.141 e. The van der Waals surface area contributed by atoms with E-state index in [-0.39, 0.29) is 0 Å². The van der Waals surface area contributed by atoms with Crippen LogP contribution in [-0.4, -0.2) is 64.1 Å². The van der Waals surface area contributed by atoms with Gasteiger partial charge in [-0.15, -0.1) is 22.3 Å². The summed E-state index contributed by atoms with van der Waals surface area (Å²) >= 11 is 1.99. The van der Waals surface area contributed by atoms with Gasteiger partial charge in [0.05, 0.1) is 32.5 Å². The highest BCUT2D eigenvalue weighted by Crippen LogP contribution is 2.43. The molecule has 0 aliphatic carbocycles. The first-order valence-electron chi connectivity index (χ1n) is 16.2. The molecule has 6 aromatic carbocycles. The van der Waals surface area contributed by atoms with Gasteiger partial charge in [-0.25, -0.2) is 0 Å². The first-order chi connectivity index (χ1) is 22.3. The average molecular weight is 597 g/mol. The summed E-state index contributed by atoms with van der Waals surface area (Å²) in [5.74, 6) is 0. The van der Waals surface area contributed by atoms with Crippen LogP contribution in [0.4, 0.5) is 0 Å². The average Bonchev–Trinajstić information content (AvgIpc) is 3.75. The minimum absolute atomic E-state index is 1.19. The van der Waals surface area contributed by atoms with Crippen molar-refractivity contribution in [2.24, 2.45) is 0 Å².